The maximum Gasteiger partial charge on any atom is 0.119 e. The lowest BCUT2D eigenvalue weighted by molar-refractivity contribution is -0.0361. The summed E-state index contributed by atoms with van der Waals surface area (Å²) in [7, 11) is 3.85. The van der Waals surface area contributed by atoms with Crippen molar-refractivity contribution in [2.24, 2.45) is 0 Å². The number of rotatable bonds is 3. The number of aliphatic hydroxyl groups is 1. The highest BCUT2D eigenvalue weighted by molar-refractivity contribution is 5.84. The van der Waals surface area contributed by atoms with Crippen LogP contribution in [0, 0.1) is 0 Å². The zero-order chi connectivity index (χ0) is 16.7. The molecule has 0 bridgehead atoms. The Morgan fingerprint density at radius 2 is 1.65 bits per heavy atom. The molecule has 3 heteroatoms. The van der Waals surface area contributed by atoms with Crippen molar-refractivity contribution in [3.05, 3.63) is 42.0 Å². The fraction of sp³-hybridized carbons (Fsp3) is 0.500. The highest BCUT2D eigenvalue weighted by atomic mass is 16.5. The van der Waals surface area contributed by atoms with E-state index in [0.29, 0.717) is 0 Å². The average Bonchev–Trinajstić information content (AvgIpc) is 2.53. The van der Waals surface area contributed by atoms with Gasteiger partial charge in [0.2, 0.25) is 0 Å². The minimum absolute atomic E-state index is 0.187. The minimum Gasteiger partial charge on any atom is -0.497 e. The van der Waals surface area contributed by atoms with E-state index in [4.69, 9.17) is 4.74 Å². The van der Waals surface area contributed by atoms with Crippen LogP contribution in [0.4, 0.5) is 0 Å². The lowest BCUT2D eigenvalue weighted by Crippen LogP contribution is -2.53. The van der Waals surface area contributed by atoms with Gasteiger partial charge in [-0.05, 0) is 75.3 Å². The second-order valence-electron chi connectivity index (χ2n) is 7.37. The van der Waals surface area contributed by atoms with Crippen LogP contribution in [0.15, 0.2) is 36.4 Å². The minimum atomic E-state index is -0.742. The molecule has 0 aromatic heterocycles. The van der Waals surface area contributed by atoms with Crippen LogP contribution in [-0.2, 0) is 5.41 Å². The summed E-state index contributed by atoms with van der Waals surface area (Å²) in [5.41, 5.74) is 0.318. The molecule has 0 amide bonds. The zero-order valence-electron chi connectivity index (χ0n) is 14.6. The van der Waals surface area contributed by atoms with Gasteiger partial charge in [0, 0.05) is 5.41 Å². The van der Waals surface area contributed by atoms with E-state index >= 15 is 0 Å². The predicted octanol–water partition coefficient (Wildman–Crippen LogP) is 3.58. The van der Waals surface area contributed by atoms with Gasteiger partial charge < -0.3 is 14.7 Å². The third-order valence-electron chi connectivity index (χ3n) is 5.61. The van der Waals surface area contributed by atoms with Gasteiger partial charge in [-0.2, -0.15) is 0 Å². The first-order valence-electron chi connectivity index (χ1n) is 8.35. The number of fused-ring (bicyclic) bond motifs is 1. The third kappa shape index (κ3) is 2.84. The smallest absolute Gasteiger partial charge is 0.119 e. The zero-order valence-corrected chi connectivity index (χ0v) is 14.6. The summed E-state index contributed by atoms with van der Waals surface area (Å²) in [4.78, 5) is 2.34. The number of benzene rings is 2. The van der Waals surface area contributed by atoms with E-state index < -0.39 is 5.60 Å². The summed E-state index contributed by atoms with van der Waals surface area (Å²) in [5.74, 6) is 0.877. The summed E-state index contributed by atoms with van der Waals surface area (Å²) in [5, 5.41) is 13.3. The molecule has 0 spiro atoms. The first-order valence-corrected chi connectivity index (χ1v) is 8.35. The first kappa shape index (κ1) is 16.3. The van der Waals surface area contributed by atoms with Crippen molar-refractivity contribution in [2.75, 3.05) is 27.2 Å². The quantitative estimate of drug-likeness (QED) is 0.940. The van der Waals surface area contributed by atoms with E-state index in [2.05, 4.69) is 42.3 Å². The number of likely N-dealkylation sites (tertiary alicyclic amines) is 1. The van der Waals surface area contributed by atoms with Crippen molar-refractivity contribution < 1.29 is 9.84 Å². The molecule has 1 N–H and O–H groups in total. The highest BCUT2D eigenvalue weighted by Crippen LogP contribution is 2.44. The summed E-state index contributed by atoms with van der Waals surface area (Å²) >= 11 is 0. The van der Waals surface area contributed by atoms with Gasteiger partial charge in [-0.15, -0.1) is 0 Å². The topological polar surface area (TPSA) is 32.7 Å². The van der Waals surface area contributed by atoms with Crippen LogP contribution in [0.2, 0.25) is 0 Å². The lowest BCUT2D eigenvalue weighted by Gasteiger charge is -2.48. The van der Waals surface area contributed by atoms with Crippen molar-refractivity contribution in [2.45, 2.75) is 37.7 Å². The van der Waals surface area contributed by atoms with E-state index in [-0.39, 0.29) is 5.41 Å². The van der Waals surface area contributed by atoms with Gasteiger partial charge in [0.25, 0.3) is 0 Å². The Morgan fingerprint density at radius 1 is 1.04 bits per heavy atom. The molecule has 3 rings (SSSR count). The monoisotopic (exact) mass is 313 g/mol. The van der Waals surface area contributed by atoms with Crippen molar-refractivity contribution in [3.8, 4) is 5.75 Å². The molecule has 0 saturated carbocycles. The van der Waals surface area contributed by atoms with Gasteiger partial charge in [-0.1, -0.05) is 24.3 Å². The summed E-state index contributed by atoms with van der Waals surface area (Å²) in [6.45, 7) is 5.95. The first-order chi connectivity index (χ1) is 10.9. The second kappa shape index (κ2) is 5.81. The molecular weight excluding hydrogens is 286 g/mol. The van der Waals surface area contributed by atoms with Gasteiger partial charge in [-0.3, -0.25) is 0 Å². The molecule has 1 aliphatic rings. The largest absolute Gasteiger partial charge is 0.497 e. The number of nitrogens with zero attached hydrogens (tertiary/aromatic N) is 1. The van der Waals surface area contributed by atoms with Gasteiger partial charge in [0.1, 0.15) is 5.75 Å². The fourth-order valence-electron chi connectivity index (χ4n) is 3.90. The van der Waals surface area contributed by atoms with Gasteiger partial charge in [0.15, 0.2) is 0 Å². The van der Waals surface area contributed by atoms with E-state index in [1.807, 2.05) is 19.9 Å². The number of piperidine rings is 1. The van der Waals surface area contributed by atoms with Gasteiger partial charge >= 0.3 is 0 Å². The third-order valence-corrected chi connectivity index (χ3v) is 5.61. The van der Waals surface area contributed by atoms with Crippen molar-refractivity contribution >= 4 is 10.8 Å². The van der Waals surface area contributed by atoms with Crippen LogP contribution in [0.3, 0.4) is 0 Å². The van der Waals surface area contributed by atoms with E-state index in [1.54, 1.807) is 7.11 Å². The summed E-state index contributed by atoms with van der Waals surface area (Å²) in [6.07, 6.45) is 1.96. The van der Waals surface area contributed by atoms with Crippen molar-refractivity contribution in [3.63, 3.8) is 0 Å². The summed E-state index contributed by atoms with van der Waals surface area (Å²) in [6, 6.07) is 12.7. The molecule has 0 unspecified atom stereocenters. The Balaban J connectivity index is 2.08. The van der Waals surface area contributed by atoms with Crippen LogP contribution in [0.25, 0.3) is 10.8 Å². The Hall–Kier alpha value is -1.58. The maximum absolute atomic E-state index is 10.9. The number of hydrogen-bond donors (Lipinski definition) is 1. The Bertz CT molecular complexity index is 694. The Kier molecular flexibility index (Phi) is 4.11. The molecule has 2 aromatic rings. The van der Waals surface area contributed by atoms with Gasteiger partial charge in [-0.25, -0.2) is 0 Å². The number of hydrogen-bond acceptors (Lipinski definition) is 3. The molecule has 1 fully saturated rings. The van der Waals surface area contributed by atoms with E-state index in [9.17, 15) is 5.11 Å². The van der Waals surface area contributed by atoms with E-state index in [1.165, 1.54) is 16.3 Å². The molecule has 0 radical (unpaired) electrons. The van der Waals surface area contributed by atoms with Crippen LogP contribution in [0.5, 0.6) is 5.75 Å². The molecule has 2 aromatic carbocycles. The number of ether oxygens (including phenoxy) is 1. The van der Waals surface area contributed by atoms with Crippen LogP contribution in [-0.4, -0.2) is 42.9 Å². The van der Waals surface area contributed by atoms with E-state index in [0.717, 1.165) is 31.7 Å². The molecular formula is C20H27NO2. The van der Waals surface area contributed by atoms with Crippen LogP contribution < -0.4 is 4.74 Å². The normalized spacial score (nSPS) is 19.0. The van der Waals surface area contributed by atoms with Crippen molar-refractivity contribution in [1.82, 2.24) is 4.90 Å². The maximum atomic E-state index is 10.9. The lowest BCUT2D eigenvalue weighted by atomic mass is 9.63. The van der Waals surface area contributed by atoms with Crippen LogP contribution >= 0.6 is 0 Å². The fourth-order valence-corrected chi connectivity index (χ4v) is 3.90. The highest BCUT2D eigenvalue weighted by Gasteiger charge is 2.46. The standard InChI is InChI=1S/C20H27NO2/c1-19(2,22)20(9-11-21(3)12-10-20)17-7-5-16-14-18(23-4)8-6-15(16)13-17/h5-8,13-14,22H,9-12H2,1-4H3. The molecule has 0 atom stereocenters. The SMILES string of the molecule is COc1ccc2cc(C3(C(C)(C)O)CCN(C)CC3)ccc2c1. The van der Waals surface area contributed by atoms with Gasteiger partial charge in [0.05, 0.1) is 12.7 Å². The average molecular weight is 313 g/mol. The molecule has 23 heavy (non-hydrogen) atoms. The summed E-state index contributed by atoms with van der Waals surface area (Å²) < 4.78 is 5.31. The Labute approximate surface area is 138 Å². The molecule has 1 heterocycles. The Morgan fingerprint density at radius 3 is 2.26 bits per heavy atom. The van der Waals surface area contributed by atoms with Crippen LogP contribution in [0.1, 0.15) is 32.3 Å². The molecule has 1 saturated heterocycles. The molecule has 3 nitrogen and oxygen atoms in total. The molecule has 0 aliphatic carbocycles. The second-order valence-corrected chi connectivity index (χ2v) is 7.37. The molecule has 1 aliphatic heterocycles. The predicted molar refractivity (Wildman–Crippen MR) is 95.2 cm³/mol. The van der Waals surface area contributed by atoms with Crippen molar-refractivity contribution in [1.29, 1.82) is 0 Å². The molecule has 124 valence electrons. The number of methoxy groups -OCH3 is 1.